The topological polar surface area (TPSA) is 0 Å². The highest BCUT2D eigenvalue weighted by molar-refractivity contribution is 5.36. The van der Waals surface area contributed by atoms with Crippen molar-refractivity contribution in [3.05, 3.63) is 189 Å². The first-order valence-corrected chi connectivity index (χ1v) is 41.0. The molecule has 0 bridgehead atoms. The summed E-state index contributed by atoms with van der Waals surface area (Å²) < 4.78 is 0. The van der Waals surface area contributed by atoms with E-state index in [-0.39, 0.29) is 0 Å². The molecule has 0 nitrogen and oxygen atoms in total. The van der Waals surface area contributed by atoms with Crippen LogP contribution in [0.4, 0.5) is 0 Å². The molecule has 0 spiro atoms. The average Bonchev–Trinajstić information content (AvgIpc) is 2.07. The molecule has 0 aliphatic heterocycles. The van der Waals surface area contributed by atoms with Crippen LogP contribution in [0.2, 0.25) is 0 Å². The first kappa shape index (κ1) is 76.0. The Bertz CT molecular complexity index is 2890. The van der Waals surface area contributed by atoms with Gasteiger partial charge in [-0.25, -0.2) is 0 Å². The molecule has 0 radical (unpaired) electrons. The lowest BCUT2D eigenvalue weighted by molar-refractivity contribution is 0.305. The van der Waals surface area contributed by atoms with Crippen LogP contribution in [-0.2, 0) is 0 Å². The molecule has 22 atom stereocenters. The molecule has 22 unspecified atom stereocenters. The maximum absolute atomic E-state index is 2.50. The van der Waals surface area contributed by atoms with Crippen LogP contribution in [0.25, 0.3) is 0 Å². The van der Waals surface area contributed by atoms with Gasteiger partial charge in [-0.15, -0.1) is 0 Å². The third-order valence-corrected chi connectivity index (χ3v) is 25.5. The second kappa shape index (κ2) is 37.5. The van der Waals surface area contributed by atoms with E-state index in [1.54, 1.807) is 55.7 Å². The van der Waals surface area contributed by atoms with Crippen molar-refractivity contribution in [3.63, 3.8) is 0 Å². The second-order valence-electron chi connectivity index (χ2n) is 36.1. The van der Waals surface area contributed by atoms with Crippen LogP contribution >= 0.6 is 0 Å². The van der Waals surface area contributed by atoms with E-state index in [1.807, 2.05) is 0 Å². The third-order valence-electron chi connectivity index (χ3n) is 25.5. The number of fused-ring (bicyclic) bond motifs is 8. The van der Waals surface area contributed by atoms with Crippen molar-refractivity contribution >= 4 is 0 Å². The van der Waals surface area contributed by atoms with E-state index in [0.717, 1.165) is 124 Å². The van der Waals surface area contributed by atoms with Crippen LogP contribution < -0.4 is 0 Å². The highest BCUT2D eigenvalue weighted by Gasteiger charge is 2.31. The van der Waals surface area contributed by atoms with Crippen LogP contribution in [-0.4, -0.2) is 0 Å². The molecule has 0 N–H and O–H groups in total. The molecule has 1 saturated carbocycles. The monoisotopic (exact) mass is 1300 g/mol. The van der Waals surface area contributed by atoms with Gasteiger partial charge in [-0.3, -0.25) is 0 Å². The Hall–Kier alpha value is -4.16. The zero-order valence-electron chi connectivity index (χ0n) is 64.8. The average molecular weight is 1300 g/mol. The molecule has 16 aliphatic rings. The quantitative estimate of drug-likeness (QED) is 0.212. The SMILES string of the molecule is CC1=CC2=CCC(C)CC2CC1.CC1=CCC2CC(C)C=CC2C1.CC1=CCC2CC(C)CC=C2C1.CC1C=CC2CC(C)C=CC2C1.CC1C=CC2CC(C)CC=C2C1.CC1C=CC2CC(C)CC=C2C1.CC1C=CC2CC(C)CCC2=C1.CC1CC=C2CC(C)CC=C2C1. The van der Waals surface area contributed by atoms with E-state index in [4.69, 9.17) is 0 Å². The molecular formula is C96H144. The standard InChI is InChI=1S/8C12H18/c8*1-9-3-5-12-8-10(2)4-6-11(12)7-9/h5,8-9,11H,3-4,6-7H2,1-2H3;5-6,9-10H,3-4,7-8H2,1-2H3;3,6,10,12H,4-5,7-8H2,1-2H3;3,5,7,9-10,12H,4,6,8H2,1-2H3;2*3,5-6,9-10,12H,4,7-8H2,1-2H3;3-5,9,11-12H,6-8H2,1-2H3;3-6,9-12H,7-8H2,1-2H3. The molecule has 528 valence electrons. The van der Waals surface area contributed by atoms with Gasteiger partial charge in [-0.1, -0.05) is 263 Å². The van der Waals surface area contributed by atoms with Crippen LogP contribution in [0.5, 0.6) is 0 Å². The van der Waals surface area contributed by atoms with Crippen molar-refractivity contribution in [2.75, 3.05) is 0 Å². The fraction of sp³-hybridized carbons (Fsp3) is 0.667. The molecule has 0 aromatic carbocycles. The lowest BCUT2D eigenvalue weighted by Crippen LogP contribution is -2.22. The summed E-state index contributed by atoms with van der Waals surface area (Å²) in [6.45, 7) is 37.2. The molecule has 16 aliphatic carbocycles. The van der Waals surface area contributed by atoms with Crippen molar-refractivity contribution in [1.82, 2.24) is 0 Å². The molecule has 16 rings (SSSR count). The molecule has 0 heteroatoms. The molecule has 0 aromatic heterocycles. The number of hydrogen-bond acceptors (Lipinski definition) is 0. The Labute approximate surface area is 593 Å². The van der Waals surface area contributed by atoms with E-state index in [0.29, 0.717) is 5.92 Å². The Morgan fingerprint density at radius 2 is 0.760 bits per heavy atom. The summed E-state index contributed by atoms with van der Waals surface area (Å²) in [4.78, 5) is 0. The fourth-order valence-corrected chi connectivity index (χ4v) is 19.4. The second-order valence-corrected chi connectivity index (χ2v) is 36.1. The third kappa shape index (κ3) is 24.0. The van der Waals surface area contributed by atoms with Crippen molar-refractivity contribution in [2.24, 2.45) is 130 Å². The minimum Gasteiger partial charge on any atom is -0.0854 e. The molecule has 1 fully saturated rings. The minimum absolute atomic E-state index is 0.685. The Morgan fingerprint density at radius 1 is 0.292 bits per heavy atom. The zero-order valence-corrected chi connectivity index (χ0v) is 64.8. The summed E-state index contributed by atoms with van der Waals surface area (Å²) in [6.07, 6.45) is 88.5. The Morgan fingerprint density at radius 3 is 1.35 bits per heavy atom. The van der Waals surface area contributed by atoms with Gasteiger partial charge in [0.15, 0.2) is 0 Å². The van der Waals surface area contributed by atoms with Crippen LogP contribution in [0.1, 0.15) is 278 Å². The van der Waals surface area contributed by atoms with Gasteiger partial charge in [0.25, 0.3) is 0 Å². The maximum atomic E-state index is 2.50. The molecule has 0 amide bonds. The minimum atomic E-state index is 0.685. The molecule has 96 heavy (non-hydrogen) atoms. The first-order chi connectivity index (χ1) is 46.0. The van der Waals surface area contributed by atoms with Gasteiger partial charge >= 0.3 is 0 Å². The molecular weight excluding hydrogens is 1150 g/mol. The summed E-state index contributed by atoms with van der Waals surface area (Å²) in [7, 11) is 0. The van der Waals surface area contributed by atoms with Gasteiger partial charge in [0.2, 0.25) is 0 Å². The van der Waals surface area contributed by atoms with E-state index in [9.17, 15) is 0 Å². The van der Waals surface area contributed by atoms with Gasteiger partial charge in [0.1, 0.15) is 0 Å². The summed E-state index contributed by atoms with van der Waals surface area (Å²) in [6, 6.07) is 0. The van der Waals surface area contributed by atoms with E-state index >= 15 is 0 Å². The molecule has 0 saturated heterocycles. The highest BCUT2D eigenvalue weighted by atomic mass is 14.4. The molecule has 0 aromatic rings. The van der Waals surface area contributed by atoms with E-state index < -0.39 is 0 Å². The van der Waals surface area contributed by atoms with Gasteiger partial charge in [-0.05, 0) is 335 Å². The number of rotatable bonds is 0. The number of hydrogen-bond donors (Lipinski definition) is 0. The van der Waals surface area contributed by atoms with Crippen LogP contribution in [0.3, 0.4) is 0 Å². The maximum Gasteiger partial charge on any atom is -0.00203 e. The van der Waals surface area contributed by atoms with Gasteiger partial charge in [-0.2, -0.15) is 0 Å². The van der Waals surface area contributed by atoms with Crippen LogP contribution in [0.15, 0.2) is 189 Å². The highest BCUT2D eigenvalue weighted by Crippen LogP contribution is 2.44. The predicted octanol–water partition coefficient (Wildman–Crippen LogP) is 28.7. The van der Waals surface area contributed by atoms with Gasteiger partial charge in [0, 0.05) is 0 Å². The first-order valence-electron chi connectivity index (χ1n) is 41.0. The largest absolute Gasteiger partial charge is 0.0854 e. The van der Waals surface area contributed by atoms with Crippen molar-refractivity contribution in [2.45, 2.75) is 278 Å². The van der Waals surface area contributed by atoms with Crippen LogP contribution in [0, 0.1) is 130 Å². The molecule has 0 heterocycles. The predicted molar refractivity (Wildman–Crippen MR) is 423 cm³/mol. The van der Waals surface area contributed by atoms with E-state index in [1.165, 1.54) is 167 Å². The summed E-state index contributed by atoms with van der Waals surface area (Å²) in [5, 5.41) is 0. The Balaban J connectivity index is 0.000000129. The smallest absolute Gasteiger partial charge is 0.00203 e. The number of allylic oxidation sites excluding steroid dienone is 32. The van der Waals surface area contributed by atoms with Crippen molar-refractivity contribution in [3.8, 4) is 0 Å². The normalized spacial score (nSPS) is 39.2. The van der Waals surface area contributed by atoms with Crippen molar-refractivity contribution in [1.29, 1.82) is 0 Å². The van der Waals surface area contributed by atoms with Gasteiger partial charge < -0.3 is 0 Å². The zero-order chi connectivity index (χ0) is 68.4. The van der Waals surface area contributed by atoms with E-state index in [2.05, 4.69) is 244 Å². The van der Waals surface area contributed by atoms with Crippen molar-refractivity contribution < 1.29 is 0 Å². The lowest BCUT2D eigenvalue weighted by Gasteiger charge is -2.33. The van der Waals surface area contributed by atoms with Gasteiger partial charge in [0.05, 0.1) is 0 Å². The summed E-state index contributed by atoms with van der Waals surface area (Å²) >= 11 is 0. The Kier molecular flexibility index (Phi) is 29.7. The summed E-state index contributed by atoms with van der Waals surface area (Å²) in [5.41, 5.74) is 16.6. The fourth-order valence-electron chi connectivity index (χ4n) is 19.4. The lowest BCUT2D eigenvalue weighted by atomic mass is 9.72. The summed E-state index contributed by atoms with van der Waals surface area (Å²) in [5.74, 6) is 18.7.